The van der Waals surface area contributed by atoms with Crippen molar-refractivity contribution in [1.29, 1.82) is 0 Å². The first-order valence-corrected chi connectivity index (χ1v) is 10.6. The van der Waals surface area contributed by atoms with Crippen molar-refractivity contribution in [3.63, 3.8) is 0 Å². The van der Waals surface area contributed by atoms with E-state index >= 15 is 0 Å². The number of aromatic hydroxyl groups is 2. The van der Waals surface area contributed by atoms with Gasteiger partial charge in [0.25, 0.3) is 0 Å². The summed E-state index contributed by atoms with van der Waals surface area (Å²) in [5.41, 5.74) is 0.884. The van der Waals surface area contributed by atoms with Crippen LogP contribution in [-0.4, -0.2) is 35.2 Å². The molecular formula is C24H20Cl2O4. The van der Waals surface area contributed by atoms with Crippen molar-refractivity contribution < 1.29 is 19.7 Å². The molecule has 0 radical (unpaired) electrons. The molecule has 0 saturated heterocycles. The lowest BCUT2D eigenvalue weighted by atomic mass is 9.95. The number of alkyl halides is 2. The number of halogens is 2. The predicted molar refractivity (Wildman–Crippen MR) is 123 cm³/mol. The van der Waals surface area contributed by atoms with Crippen LogP contribution in [0, 0.1) is 0 Å². The molecule has 0 aromatic heterocycles. The van der Waals surface area contributed by atoms with Crippen molar-refractivity contribution in [1.82, 2.24) is 0 Å². The number of phenols is 2. The van der Waals surface area contributed by atoms with E-state index in [1.807, 2.05) is 48.5 Å². The third-order valence-electron chi connectivity index (χ3n) is 4.92. The molecule has 6 heteroatoms. The largest absolute Gasteiger partial charge is 0.507 e. The smallest absolute Gasteiger partial charge is 0.131 e. The number of benzene rings is 4. The highest BCUT2D eigenvalue weighted by molar-refractivity contribution is 6.18. The van der Waals surface area contributed by atoms with Crippen LogP contribution in [0.1, 0.15) is 0 Å². The summed E-state index contributed by atoms with van der Waals surface area (Å²) in [6.07, 6.45) is 0. The lowest BCUT2D eigenvalue weighted by molar-refractivity contribution is 0.346. The van der Waals surface area contributed by atoms with Gasteiger partial charge in [0.1, 0.15) is 36.2 Å². The maximum Gasteiger partial charge on any atom is 0.131 e. The van der Waals surface area contributed by atoms with Gasteiger partial charge < -0.3 is 19.7 Å². The van der Waals surface area contributed by atoms with E-state index in [0.717, 1.165) is 10.8 Å². The Balaban J connectivity index is 2.00. The highest BCUT2D eigenvalue weighted by atomic mass is 35.5. The van der Waals surface area contributed by atoms with Gasteiger partial charge in [-0.25, -0.2) is 0 Å². The van der Waals surface area contributed by atoms with Crippen molar-refractivity contribution in [2.75, 3.05) is 25.0 Å². The van der Waals surface area contributed by atoms with Crippen LogP contribution in [0.15, 0.2) is 60.7 Å². The highest BCUT2D eigenvalue weighted by Gasteiger charge is 2.20. The Bertz CT molecular complexity index is 1110. The van der Waals surface area contributed by atoms with Gasteiger partial charge in [0.05, 0.1) is 11.8 Å². The molecule has 0 aliphatic heterocycles. The van der Waals surface area contributed by atoms with Gasteiger partial charge >= 0.3 is 0 Å². The van der Waals surface area contributed by atoms with Gasteiger partial charge in [-0.1, -0.05) is 48.5 Å². The molecule has 154 valence electrons. The normalized spacial score (nSPS) is 11.1. The molecule has 0 bridgehead atoms. The minimum Gasteiger partial charge on any atom is -0.507 e. The molecule has 4 rings (SSSR count). The average Bonchev–Trinajstić information content (AvgIpc) is 2.79. The monoisotopic (exact) mass is 442 g/mol. The van der Waals surface area contributed by atoms with Gasteiger partial charge in [0.15, 0.2) is 0 Å². The lowest BCUT2D eigenvalue weighted by Crippen LogP contribution is -2.00. The van der Waals surface area contributed by atoms with E-state index in [0.29, 0.717) is 58.4 Å². The molecule has 0 saturated carbocycles. The van der Waals surface area contributed by atoms with Crippen LogP contribution < -0.4 is 9.47 Å². The summed E-state index contributed by atoms with van der Waals surface area (Å²) in [5.74, 6) is 1.93. The Morgan fingerprint density at radius 3 is 1.33 bits per heavy atom. The second-order valence-electron chi connectivity index (χ2n) is 6.71. The van der Waals surface area contributed by atoms with Crippen LogP contribution in [0.25, 0.3) is 32.7 Å². The number of ether oxygens (including phenoxy) is 2. The Kier molecular flexibility index (Phi) is 6.07. The van der Waals surface area contributed by atoms with E-state index in [-0.39, 0.29) is 11.5 Å². The second kappa shape index (κ2) is 8.90. The third-order valence-corrected chi connectivity index (χ3v) is 5.22. The van der Waals surface area contributed by atoms with Crippen LogP contribution in [0.2, 0.25) is 0 Å². The minimum absolute atomic E-state index is 0.0534. The number of phenolic OH excluding ortho intramolecular Hbond substituents is 2. The second-order valence-corrected chi connectivity index (χ2v) is 7.46. The van der Waals surface area contributed by atoms with Crippen molar-refractivity contribution in [2.24, 2.45) is 0 Å². The molecule has 0 atom stereocenters. The molecule has 4 aromatic carbocycles. The van der Waals surface area contributed by atoms with Crippen LogP contribution in [0.4, 0.5) is 0 Å². The summed E-state index contributed by atoms with van der Waals surface area (Å²) < 4.78 is 11.7. The molecule has 0 aliphatic carbocycles. The summed E-state index contributed by atoms with van der Waals surface area (Å²) in [6.45, 7) is 0.646. The molecule has 0 fully saturated rings. The van der Waals surface area contributed by atoms with E-state index in [4.69, 9.17) is 32.7 Å². The van der Waals surface area contributed by atoms with Crippen LogP contribution in [-0.2, 0) is 0 Å². The summed E-state index contributed by atoms with van der Waals surface area (Å²) in [6, 6.07) is 18.2. The zero-order chi connectivity index (χ0) is 21.1. The summed E-state index contributed by atoms with van der Waals surface area (Å²) in [5, 5.41) is 24.9. The van der Waals surface area contributed by atoms with E-state index in [1.165, 1.54) is 0 Å². The number of hydrogen-bond acceptors (Lipinski definition) is 4. The van der Waals surface area contributed by atoms with Gasteiger partial charge in [-0.2, -0.15) is 0 Å². The fourth-order valence-corrected chi connectivity index (χ4v) is 3.75. The first kappa shape index (κ1) is 20.5. The van der Waals surface area contributed by atoms with Gasteiger partial charge in [-0.15, -0.1) is 23.2 Å². The fourth-order valence-electron chi connectivity index (χ4n) is 3.60. The molecule has 0 amide bonds. The number of fused-ring (bicyclic) bond motifs is 2. The zero-order valence-electron chi connectivity index (χ0n) is 16.1. The number of hydrogen-bond donors (Lipinski definition) is 2. The molecule has 4 nitrogen and oxygen atoms in total. The maximum absolute atomic E-state index is 11.1. The van der Waals surface area contributed by atoms with E-state index in [9.17, 15) is 10.2 Å². The molecule has 30 heavy (non-hydrogen) atoms. The summed E-state index contributed by atoms with van der Waals surface area (Å²) in [7, 11) is 0. The maximum atomic E-state index is 11.1. The third kappa shape index (κ3) is 3.69. The van der Waals surface area contributed by atoms with Crippen molar-refractivity contribution in [3.05, 3.63) is 60.7 Å². The molecule has 2 N–H and O–H groups in total. The van der Waals surface area contributed by atoms with Gasteiger partial charge in [-0.3, -0.25) is 0 Å². The average molecular weight is 443 g/mol. The summed E-state index contributed by atoms with van der Waals surface area (Å²) in [4.78, 5) is 0. The van der Waals surface area contributed by atoms with Crippen LogP contribution in [0.5, 0.6) is 23.0 Å². The zero-order valence-corrected chi connectivity index (χ0v) is 17.6. The highest BCUT2D eigenvalue weighted by Crippen LogP contribution is 2.48. The first-order chi connectivity index (χ1) is 14.7. The van der Waals surface area contributed by atoms with E-state index in [2.05, 4.69) is 0 Å². The Morgan fingerprint density at radius 2 is 0.967 bits per heavy atom. The standard InChI is InChI=1S/C24H20Cl2O4/c25-9-11-29-21-13-19(23(27)17-7-3-1-5-15(17)21)20-14-22(30-12-10-26)16-6-2-4-8-18(16)24(20)28/h1-8,13-14,27-28H,9-12H2. The summed E-state index contributed by atoms with van der Waals surface area (Å²) >= 11 is 11.6. The molecule has 0 heterocycles. The van der Waals surface area contributed by atoms with Crippen LogP contribution in [0.3, 0.4) is 0 Å². The quantitative estimate of drug-likeness (QED) is 0.329. The first-order valence-electron chi connectivity index (χ1n) is 9.53. The van der Waals surface area contributed by atoms with Crippen molar-refractivity contribution in [2.45, 2.75) is 0 Å². The molecule has 0 aliphatic rings. The SMILES string of the molecule is Oc1c(-c2cc(OCCCl)c3ccccc3c2O)cc(OCCCl)c2ccccc12. The Labute approximate surface area is 184 Å². The van der Waals surface area contributed by atoms with Crippen molar-refractivity contribution in [3.8, 4) is 34.1 Å². The lowest BCUT2D eigenvalue weighted by Gasteiger charge is -2.17. The van der Waals surface area contributed by atoms with Crippen LogP contribution >= 0.6 is 23.2 Å². The van der Waals surface area contributed by atoms with Gasteiger partial charge in [-0.05, 0) is 12.1 Å². The number of rotatable bonds is 7. The topological polar surface area (TPSA) is 58.9 Å². The molecule has 0 unspecified atom stereocenters. The minimum atomic E-state index is 0.0534. The molecule has 0 spiro atoms. The van der Waals surface area contributed by atoms with Gasteiger partial charge in [0, 0.05) is 32.7 Å². The molecule has 4 aromatic rings. The fraction of sp³-hybridized carbons (Fsp3) is 0.167. The Morgan fingerprint density at radius 1 is 0.600 bits per heavy atom. The van der Waals surface area contributed by atoms with E-state index < -0.39 is 0 Å². The Hall–Kier alpha value is -2.82. The van der Waals surface area contributed by atoms with Gasteiger partial charge in [0.2, 0.25) is 0 Å². The predicted octanol–water partition coefficient (Wildman–Crippen LogP) is 6.31. The molecular weight excluding hydrogens is 423 g/mol. The van der Waals surface area contributed by atoms with E-state index in [1.54, 1.807) is 12.1 Å². The van der Waals surface area contributed by atoms with Crippen molar-refractivity contribution >= 4 is 44.7 Å².